The molecule has 0 saturated heterocycles. The summed E-state index contributed by atoms with van der Waals surface area (Å²) in [5.41, 5.74) is 10.6. The predicted molar refractivity (Wildman–Crippen MR) is 87.0 cm³/mol. The van der Waals surface area contributed by atoms with Gasteiger partial charge in [0.15, 0.2) is 5.82 Å². The molecular weight excluding hydrogens is 274 g/mol. The molecule has 0 amide bonds. The number of hydrogen-bond acceptors (Lipinski definition) is 5. The molecule has 0 bridgehead atoms. The maximum absolute atomic E-state index is 5.90. The first-order chi connectivity index (χ1) is 10.8. The number of nitrogens with one attached hydrogen (secondary N) is 1. The Labute approximate surface area is 128 Å². The molecule has 3 aromatic rings. The number of anilines is 1. The quantitative estimate of drug-likeness (QED) is 0.772. The number of fused-ring (bicyclic) bond motifs is 1. The van der Waals surface area contributed by atoms with Crippen LogP contribution in [0.1, 0.15) is 18.4 Å². The van der Waals surface area contributed by atoms with Gasteiger partial charge in [0.1, 0.15) is 11.8 Å². The van der Waals surface area contributed by atoms with Crippen LogP contribution in [-0.2, 0) is 6.54 Å². The molecule has 22 heavy (non-hydrogen) atoms. The van der Waals surface area contributed by atoms with E-state index in [1.165, 1.54) is 24.7 Å². The van der Waals surface area contributed by atoms with Gasteiger partial charge in [-0.05, 0) is 36.6 Å². The van der Waals surface area contributed by atoms with E-state index in [4.69, 9.17) is 5.73 Å². The molecule has 4 rings (SSSR count). The molecule has 0 radical (unpaired) electrons. The van der Waals surface area contributed by atoms with Crippen molar-refractivity contribution in [3.8, 4) is 11.3 Å². The van der Waals surface area contributed by atoms with E-state index in [9.17, 15) is 0 Å². The van der Waals surface area contributed by atoms with E-state index in [-0.39, 0.29) is 0 Å². The van der Waals surface area contributed by atoms with Crippen molar-refractivity contribution >= 4 is 16.9 Å². The van der Waals surface area contributed by atoms with Crippen LogP contribution in [0.4, 0.5) is 5.82 Å². The summed E-state index contributed by atoms with van der Waals surface area (Å²) >= 11 is 0. The highest BCUT2D eigenvalue weighted by molar-refractivity contribution is 5.85. The lowest BCUT2D eigenvalue weighted by Gasteiger charge is -2.07. The molecule has 2 aromatic heterocycles. The van der Waals surface area contributed by atoms with Crippen molar-refractivity contribution < 1.29 is 0 Å². The average molecular weight is 291 g/mol. The average Bonchev–Trinajstić information content (AvgIpc) is 3.38. The molecule has 1 saturated carbocycles. The van der Waals surface area contributed by atoms with Gasteiger partial charge in [-0.2, -0.15) is 0 Å². The van der Waals surface area contributed by atoms with E-state index in [0.29, 0.717) is 17.4 Å². The third kappa shape index (κ3) is 2.63. The van der Waals surface area contributed by atoms with Crippen LogP contribution in [0.15, 0.2) is 42.7 Å². The van der Waals surface area contributed by atoms with Crippen LogP contribution in [0.2, 0.25) is 0 Å². The lowest BCUT2D eigenvalue weighted by molar-refractivity contribution is 0.688. The number of nitrogen functional groups attached to an aromatic ring is 1. The third-order valence-electron chi connectivity index (χ3n) is 3.91. The summed E-state index contributed by atoms with van der Waals surface area (Å²) in [5, 5.41) is 3.53. The Bertz CT molecular complexity index is 826. The Balaban J connectivity index is 1.68. The summed E-state index contributed by atoms with van der Waals surface area (Å²) in [4.78, 5) is 12.8. The van der Waals surface area contributed by atoms with Gasteiger partial charge in [0, 0.05) is 18.2 Å². The van der Waals surface area contributed by atoms with Crippen molar-refractivity contribution in [1.82, 2.24) is 20.3 Å². The second kappa shape index (κ2) is 5.35. The summed E-state index contributed by atoms with van der Waals surface area (Å²) < 4.78 is 0. The van der Waals surface area contributed by atoms with Gasteiger partial charge in [-0.1, -0.05) is 18.2 Å². The number of nitrogens with two attached hydrogens (primary N) is 1. The first-order valence-electron chi connectivity index (χ1n) is 7.49. The van der Waals surface area contributed by atoms with Crippen molar-refractivity contribution in [3.63, 3.8) is 0 Å². The van der Waals surface area contributed by atoms with Gasteiger partial charge >= 0.3 is 0 Å². The highest BCUT2D eigenvalue weighted by atomic mass is 14.9. The molecule has 0 unspecified atom stereocenters. The molecule has 1 fully saturated rings. The first-order valence-corrected chi connectivity index (χ1v) is 7.49. The number of nitrogens with zero attached hydrogens (tertiary/aromatic N) is 3. The SMILES string of the molecule is Nc1ncnc2ccc(-c3cccc(CNC4CC4)c3)nc12. The molecule has 1 aromatic carbocycles. The molecule has 0 atom stereocenters. The molecule has 2 heterocycles. The van der Waals surface area contributed by atoms with E-state index >= 15 is 0 Å². The minimum Gasteiger partial charge on any atom is -0.382 e. The van der Waals surface area contributed by atoms with Crippen LogP contribution in [0.5, 0.6) is 0 Å². The minimum atomic E-state index is 0.415. The van der Waals surface area contributed by atoms with Crippen molar-refractivity contribution in [2.24, 2.45) is 0 Å². The summed E-state index contributed by atoms with van der Waals surface area (Å²) in [6, 6.07) is 13.1. The van der Waals surface area contributed by atoms with Crippen LogP contribution >= 0.6 is 0 Å². The van der Waals surface area contributed by atoms with E-state index < -0.39 is 0 Å². The van der Waals surface area contributed by atoms with Crippen LogP contribution in [0.25, 0.3) is 22.3 Å². The van der Waals surface area contributed by atoms with E-state index in [2.05, 4.69) is 44.5 Å². The lowest BCUT2D eigenvalue weighted by Crippen LogP contribution is -2.15. The largest absolute Gasteiger partial charge is 0.382 e. The monoisotopic (exact) mass is 291 g/mol. The first kappa shape index (κ1) is 13.2. The predicted octanol–water partition coefficient (Wildman–Crippen LogP) is 2.53. The van der Waals surface area contributed by atoms with Gasteiger partial charge in [-0.15, -0.1) is 0 Å². The molecule has 110 valence electrons. The Hall–Kier alpha value is -2.53. The Morgan fingerprint density at radius 3 is 2.91 bits per heavy atom. The fraction of sp³-hybridized carbons (Fsp3) is 0.235. The van der Waals surface area contributed by atoms with Crippen LogP contribution in [0, 0.1) is 0 Å². The van der Waals surface area contributed by atoms with Crippen molar-refractivity contribution in [3.05, 3.63) is 48.3 Å². The Morgan fingerprint density at radius 2 is 2.05 bits per heavy atom. The topological polar surface area (TPSA) is 76.7 Å². The van der Waals surface area contributed by atoms with Gasteiger partial charge in [0.25, 0.3) is 0 Å². The molecule has 3 N–H and O–H groups in total. The molecule has 1 aliphatic rings. The van der Waals surface area contributed by atoms with E-state index in [0.717, 1.165) is 23.3 Å². The summed E-state index contributed by atoms with van der Waals surface area (Å²) in [5.74, 6) is 0.415. The van der Waals surface area contributed by atoms with E-state index in [1.54, 1.807) is 0 Å². The number of pyridine rings is 1. The third-order valence-corrected chi connectivity index (χ3v) is 3.91. The standard InChI is InChI=1S/C17H17N5/c18-17-16-15(20-10-21-17)7-6-14(22-16)12-3-1-2-11(8-12)9-19-13-4-5-13/h1-3,6-8,10,13,19H,4-5,9H2,(H2,18,20,21). The van der Waals surface area contributed by atoms with Crippen molar-refractivity contribution in [1.29, 1.82) is 0 Å². The number of aromatic nitrogens is 3. The fourth-order valence-corrected chi connectivity index (χ4v) is 2.51. The minimum absolute atomic E-state index is 0.415. The Kier molecular flexibility index (Phi) is 3.20. The molecule has 0 aliphatic heterocycles. The smallest absolute Gasteiger partial charge is 0.153 e. The summed E-state index contributed by atoms with van der Waals surface area (Å²) in [6.45, 7) is 0.900. The lowest BCUT2D eigenvalue weighted by atomic mass is 10.1. The normalized spacial score (nSPS) is 14.4. The summed E-state index contributed by atoms with van der Waals surface area (Å²) in [6.07, 6.45) is 4.06. The van der Waals surface area contributed by atoms with Crippen LogP contribution in [-0.4, -0.2) is 21.0 Å². The second-order valence-electron chi connectivity index (χ2n) is 5.68. The molecule has 5 heteroatoms. The summed E-state index contributed by atoms with van der Waals surface area (Å²) in [7, 11) is 0. The molecule has 1 aliphatic carbocycles. The highest BCUT2D eigenvalue weighted by Crippen LogP contribution is 2.24. The molecule has 0 spiro atoms. The Morgan fingerprint density at radius 1 is 1.14 bits per heavy atom. The van der Waals surface area contributed by atoms with Gasteiger partial charge in [-0.25, -0.2) is 15.0 Å². The van der Waals surface area contributed by atoms with Crippen LogP contribution in [0.3, 0.4) is 0 Å². The van der Waals surface area contributed by atoms with Gasteiger partial charge in [-0.3, -0.25) is 0 Å². The zero-order valence-corrected chi connectivity index (χ0v) is 12.2. The van der Waals surface area contributed by atoms with Crippen molar-refractivity contribution in [2.45, 2.75) is 25.4 Å². The molecular formula is C17H17N5. The number of hydrogen-bond donors (Lipinski definition) is 2. The highest BCUT2D eigenvalue weighted by Gasteiger charge is 2.19. The van der Waals surface area contributed by atoms with Crippen molar-refractivity contribution in [2.75, 3.05) is 5.73 Å². The van der Waals surface area contributed by atoms with E-state index in [1.807, 2.05) is 12.1 Å². The maximum Gasteiger partial charge on any atom is 0.153 e. The van der Waals surface area contributed by atoms with Gasteiger partial charge in [0.05, 0.1) is 11.2 Å². The number of benzene rings is 1. The maximum atomic E-state index is 5.90. The molecule has 5 nitrogen and oxygen atoms in total. The zero-order valence-electron chi connectivity index (χ0n) is 12.2. The zero-order chi connectivity index (χ0) is 14.9. The fourth-order valence-electron chi connectivity index (χ4n) is 2.51. The van der Waals surface area contributed by atoms with Gasteiger partial charge < -0.3 is 11.1 Å². The number of rotatable bonds is 4. The van der Waals surface area contributed by atoms with Gasteiger partial charge in [0.2, 0.25) is 0 Å². The van der Waals surface area contributed by atoms with Crippen LogP contribution < -0.4 is 11.1 Å². The second-order valence-corrected chi connectivity index (χ2v) is 5.68.